The van der Waals surface area contributed by atoms with Crippen molar-refractivity contribution in [3.8, 4) is 11.5 Å². The van der Waals surface area contributed by atoms with Crippen molar-refractivity contribution in [2.75, 3.05) is 6.54 Å². The molecule has 1 aliphatic rings. The predicted molar refractivity (Wildman–Crippen MR) is 137 cm³/mol. The van der Waals surface area contributed by atoms with E-state index < -0.39 is 0 Å². The van der Waals surface area contributed by atoms with Crippen LogP contribution in [-0.2, 0) is 0 Å². The van der Waals surface area contributed by atoms with Crippen molar-refractivity contribution in [2.45, 2.75) is 46.5 Å². The Kier molecular flexibility index (Phi) is 6.97. The highest BCUT2D eigenvalue weighted by atomic mass is 16.5. The fourth-order valence-electron chi connectivity index (χ4n) is 4.38. The van der Waals surface area contributed by atoms with Crippen LogP contribution in [0, 0.1) is 6.92 Å². The van der Waals surface area contributed by atoms with Gasteiger partial charge in [-0.1, -0.05) is 63.1 Å². The van der Waals surface area contributed by atoms with E-state index in [9.17, 15) is 9.59 Å². The lowest BCUT2D eigenvalue weighted by Gasteiger charge is -2.23. The molecule has 4 heteroatoms. The minimum atomic E-state index is -0.152. The summed E-state index contributed by atoms with van der Waals surface area (Å²) >= 11 is 0. The topological polar surface area (TPSA) is 55.4 Å². The molecule has 0 aromatic heterocycles. The zero-order valence-electron chi connectivity index (χ0n) is 20.2. The maximum Gasteiger partial charge on any atom is 0.251 e. The highest BCUT2D eigenvalue weighted by Crippen LogP contribution is 2.37. The van der Waals surface area contributed by atoms with Crippen LogP contribution in [0.1, 0.15) is 76.9 Å². The summed E-state index contributed by atoms with van der Waals surface area (Å²) in [5.41, 5.74) is 4.74. The Bertz CT molecular complexity index is 1370. The van der Waals surface area contributed by atoms with Gasteiger partial charge in [-0.15, -0.1) is 0 Å². The number of carbonyl (C=O) groups is 2. The standard InChI is InChI=1S/C30H31NO3/c1-5-6-7-8-15-31-30(33)22-11-14-23(26(18-22)21(4)32)29-24-12-9-19(2)16-27(24)34-28-17-20(3)10-13-25(28)29/h9-14,16-18H,2,5-8,15H2,1,3-4H3,(H,31,33). The van der Waals surface area contributed by atoms with E-state index in [2.05, 4.69) is 18.8 Å². The monoisotopic (exact) mass is 453 g/mol. The molecule has 3 aromatic carbocycles. The van der Waals surface area contributed by atoms with E-state index in [4.69, 9.17) is 4.74 Å². The van der Waals surface area contributed by atoms with Gasteiger partial charge in [-0.25, -0.2) is 0 Å². The molecule has 174 valence electrons. The number of hydrogen-bond acceptors (Lipinski definition) is 3. The van der Waals surface area contributed by atoms with Crippen LogP contribution in [0.3, 0.4) is 0 Å². The first-order valence-corrected chi connectivity index (χ1v) is 11.9. The Hall–Kier alpha value is -3.66. The van der Waals surface area contributed by atoms with Crippen molar-refractivity contribution in [1.29, 1.82) is 0 Å². The quantitative estimate of drug-likeness (QED) is 0.292. The van der Waals surface area contributed by atoms with Crippen molar-refractivity contribution in [1.82, 2.24) is 5.32 Å². The summed E-state index contributed by atoms with van der Waals surface area (Å²) in [7, 11) is 0. The average Bonchev–Trinajstić information content (AvgIpc) is 2.81. The van der Waals surface area contributed by atoms with Crippen molar-refractivity contribution < 1.29 is 14.3 Å². The number of ether oxygens (including phenoxy) is 1. The molecule has 0 unspecified atom stereocenters. The van der Waals surface area contributed by atoms with Gasteiger partial charge in [0.25, 0.3) is 5.91 Å². The number of benzene rings is 3. The van der Waals surface area contributed by atoms with Gasteiger partial charge in [-0.05, 0) is 60.9 Å². The minimum Gasteiger partial charge on any atom is -0.456 e. The number of ketones is 1. The number of amides is 1. The Labute approximate surface area is 201 Å². The molecule has 0 saturated heterocycles. The molecule has 1 aliphatic heterocycles. The van der Waals surface area contributed by atoms with E-state index in [-0.39, 0.29) is 11.7 Å². The lowest BCUT2D eigenvalue weighted by Crippen LogP contribution is -2.25. The molecule has 4 rings (SSSR count). The highest BCUT2D eigenvalue weighted by Gasteiger charge is 2.24. The van der Waals surface area contributed by atoms with Crippen molar-refractivity contribution in [3.05, 3.63) is 92.9 Å². The number of carbonyl (C=O) groups excluding carboxylic acids is 2. The van der Waals surface area contributed by atoms with Crippen LogP contribution in [0.2, 0.25) is 0 Å². The van der Waals surface area contributed by atoms with Crippen LogP contribution < -0.4 is 20.5 Å². The van der Waals surface area contributed by atoms with Crippen molar-refractivity contribution in [2.24, 2.45) is 0 Å². The van der Waals surface area contributed by atoms with Gasteiger partial charge in [0, 0.05) is 34.0 Å². The first-order valence-electron chi connectivity index (χ1n) is 11.9. The molecule has 0 radical (unpaired) electrons. The minimum absolute atomic E-state index is 0.0874. The van der Waals surface area contributed by atoms with E-state index in [0.29, 0.717) is 23.4 Å². The third-order valence-corrected chi connectivity index (χ3v) is 6.19. The zero-order valence-corrected chi connectivity index (χ0v) is 20.2. The first-order chi connectivity index (χ1) is 16.4. The fraction of sp³-hybridized carbons (Fsp3) is 0.267. The molecule has 0 spiro atoms. The van der Waals surface area contributed by atoms with Gasteiger partial charge in [0.05, 0.1) is 0 Å². The SMILES string of the molecule is C=c1ccc2c(c1)Oc1cc(C)ccc1C=2c1ccc(C(=O)NCCCCCC)cc1C(C)=O. The zero-order chi connectivity index (χ0) is 24.2. The number of unbranched alkanes of at least 4 members (excludes halogenated alkanes) is 3. The van der Waals surface area contributed by atoms with Crippen LogP contribution in [0.4, 0.5) is 0 Å². The van der Waals surface area contributed by atoms with Crippen LogP contribution in [0.5, 0.6) is 11.5 Å². The lowest BCUT2D eigenvalue weighted by atomic mass is 9.87. The first kappa shape index (κ1) is 23.5. The molecular weight excluding hydrogens is 422 g/mol. The Morgan fingerprint density at radius 3 is 2.47 bits per heavy atom. The molecule has 4 nitrogen and oxygen atoms in total. The van der Waals surface area contributed by atoms with Gasteiger partial charge < -0.3 is 10.1 Å². The molecule has 0 fully saturated rings. The van der Waals surface area contributed by atoms with E-state index in [0.717, 1.165) is 57.7 Å². The molecule has 1 amide bonds. The molecule has 3 aromatic rings. The molecule has 1 N–H and O–H groups in total. The summed E-state index contributed by atoms with van der Waals surface area (Å²) in [5, 5.41) is 4.74. The summed E-state index contributed by atoms with van der Waals surface area (Å²) in [5.74, 6) is 1.22. The highest BCUT2D eigenvalue weighted by molar-refractivity contribution is 6.04. The van der Waals surface area contributed by atoms with Gasteiger partial charge in [0.2, 0.25) is 0 Å². The smallest absolute Gasteiger partial charge is 0.251 e. The Balaban J connectivity index is 1.80. The lowest BCUT2D eigenvalue weighted by molar-refractivity contribution is 0.0953. The third-order valence-electron chi connectivity index (χ3n) is 6.19. The van der Waals surface area contributed by atoms with E-state index in [1.54, 1.807) is 19.1 Å². The number of nitrogens with one attached hydrogen (secondary N) is 1. The summed E-state index contributed by atoms with van der Waals surface area (Å²) in [6, 6.07) is 17.3. The molecule has 0 saturated carbocycles. The second-order valence-corrected chi connectivity index (χ2v) is 8.94. The molecule has 0 bridgehead atoms. The number of hydrogen-bond donors (Lipinski definition) is 1. The third kappa shape index (κ3) is 4.81. The van der Waals surface area contributed by atoms with Crippen molar-refractivity contribution >= 4 is 23.8 Å². The number of rotatable bonds is 8. The largest absolute Gasteiger partial charge is 0.456 e. The van der Waals surface area contributed by atoms with Gasteiger partial charge in [0.15, 0.2) is 5.78 Å². The van der Waals surface area contributed by atoms with Gasteiger partial charge in [-0.2, -0.15) is 0 Å². The van der Waals surface area contributed by atoms with E-state index in [1.165, 1.54) is 6.42 Å². The normalized spacial score (nSPS) is 11.9. The van der Waals surface area contributed by atoms with Crippen LogP contribution in [0.25, 0.3) is 12.2 Å². The fourth-order valence-corrected chi connectivity index (χ4v) is 4.38. The van der Waals surface area contributed by atoms with E-state index >= 15 is 0 Å². The maximum absolute atomic E-state index is 12.8. The maximum atomic E-state index is 12.8. The Morgan fingerprint density at radius 1 is 0.912 bits per heavy atom. The summed E-state index contributed by atoms with van der Waals surface area (Å²) in [4.78, 5) is 25.5. The van der Waals surface area contributed by atoms with Crippen LogP contribution >= 0.6 is 0 Å². The second kappa shape index (κ2) is 10.1. The molecule has 0 aliphatic carbocycles. The molecule has 1 heterocycles. The van der Waals surface area contributed by atoms with Gasteiger partial charge in [-0.3, -0.25) is 9.59 Å². The van der Waals surface area contributed by atoms with Gasteiger partial charge in [0.1, 0.15) is 11.5 Å². The number of Topliss-reactive ketones (excluding diaryl/α,β-unsaturated/α-hetero) is 1. The summed E-state index contributed by atoms with van der Waals surface area (Å²) in [6.07, 6.45) is 4.38. The van der Waals surface area contributed by atoms with Gasteiger partial charge >= 0.3 is 0 Å². The second-order valence-electron chi connectivity index (χ2n) is 8.94. The number of fused-ring (bicyclic) bond motifs is 2. The predicted octanol–water partition coefficient (Wildman–Crippen LogP) is 5.27. The summed E-state index contributed by atoms with van der Waals surface area (Å²) < 4.78 is 6.22. The van der Waals surface area contributed by atoms with E-state index in [1.807, 2.05) is 49.4 Å². The number of aryl methyl sites for hydroxylation is 1. The Morgan fingerprint density at radius 2 is 1.71 bits per heavy atom. The molecular formula is C30H31NO3. The molecule has 0 atom stereocenters. The average molecular weight is 454 g/mol. The van der Waals surface area contributed by atoms with Crippen LogP contribution in [0.15, 0.2) is 54.6 Å². The van der Waals surface area contributed by atoms with Crippen molar-refractivity contribution in [3.63, 3.8) is 0 Å². The van der Waals surface area contributed by atoms with Crippen LogP contribution in [-0.4, -0.2) is 18.2 Å². The molecule has 34 heavy (non-hydrogen) atoms. The summed E-state index contributed by atoms with van der Waals surface area (Å²) in [6.45, 7) is 10.4.